The van der Waals surface area contributed by atoms with Gasteiger partial charge in [0.15, 0.2) is 0 Å². The Labute approximate surface area is 86.7 Å². The Bertz CT molecular complexity index is 403. The Kier molecular flexibility index (Phi) is 3.70. The van der Waals surface area contributed by atoms with Crippen molar-refractivity contribution in [2.45, 2.75) is 6.92 Å². The van der Waals surface area contributed by atoms with Gasteiger partial charge in [-0.1, -0.05) is 5.11 Å². The summed E-state index contributed by atoms with van der Waals surface area (Å²) in [6, 6.07) is 1.70. The molecule has 0 fully saturated rings. The van der Waals surface area contributed by atoms with E-state index in [2.05, 4.69) is 20.4 Å². The van der Waals surface area contributed by atoms with Gasteiger partial charge in [0.2, 0.25) is 0 Å². The summed E-state index contributed by atoms with van der Waals surface area (Å²) in [5.74, 6) is -0.216. The number of hydrogen-bond acceptors (Lipinski definition) is 3. The number of carbonyl (C=O) groups is 1. The van der Waals surface area contributed by atoms with Crippen molar-refractivity contribution in [1.82, 2.24) is 15.1 Å². The van der Waals surface area contributed by atoms with Crippen molar-refractivity contribution in [3.05, 3.63) is 27.9 Å². The second-order valence-electron chi connectivity index (χ2n) is 3.00. The highest BCUT2D eigenvalue weighted by Crippen LogP contribution is 2.00. The van der Waals surface area contributed by atoms with Gasteiger partial charge in [0.25, 0.3) is 5.91 Å². The van der Waals surface area contributed by atoms with E-state index in [0.717, 1.165) is 5.69 Å². The molecule has 0 radical (unpaired) electrons. The second kappa shape index (κ2) is 5.02. The maximum absolute atomic E-state index is 11.5. The SMILES string of the molecule is Cc1cc(C(=O)NCCN=[N+]=[N-])n(C)n1. The van der Waals surface area contributed by atoms with Crippen molar-refractivity contribution >= 4 is 5.91 Å². The van der Waals surface area contributed by atoms with Crippen molar-refractivity contribution < 1.29 is 4.79 Å². The predicted octanol–water partition coefficient (Wildman–Crippen LogP) is 0.769. The van der Waals surface area contributed by atoms with E-state index < -0.39 is 0 Å². The lowest BCUT2D eigenvalue weighted by atomic mass is 10.3. The van der Waals surface area contributed by atoms with Crippen LogP contribution < -0.4 is 5.32 Å². The third-order valence-electron chi connectivity index (χ3n) is 1.80. The highest BCUT2D eigenvalue weighted by molar-refractivity contribution is 5.92. The van der Waals surface area contributed by atoms with Crippen molar-refractivity contribution in [1.29, 1.82) is 0 Å². The van der Waals surface area contributed by atoms with Gasteiger partial charge in [0.05, 0.1) is 5.69 Å². The molecule has 15 heavy (non-hydrogen) atoms. The lowest BCUT2D eigenvalue weighted by molar-refractivity contribution is 0.0945. The Morgan fingerprint density at radius 1 is 1.80 bits per heavy atom. The summed E-state index contributed by atoms with van der Waals surface area (Å²) in [5.41, 5.74) is 9.31. The van der Waals surface area contributed by atoms with Crippen molar-refractivity contribution in [2.24, 2.45) is 12.2 Å². The summed E-state index contributed by atoms with van der Waals surface area (Å²) in [4.78, 5) is 14.1. The van der Waals surface area contributed by atoms with Crippen LogP contribution in [0.3, 0.4) is 0 Å². The number of azide groups is 1. The van der Waals surface area contributed by atoms with Gasteiger partial charge in [-0.25, -0.2) is 0 Å². The maximum atomic E-state index is 11.5. The number of nitrogens with one attached hydrogen (secondary N) is 1. The van der Waals surface area contributed by atoms with Crippen LogP contribution in [0.2, 0.25) is 0 Å². The fraction of sp³-hybridized carbons (Fsp3) is 0.500. The highest BCUT2D eigenvalue weighted by atomic mass is 16.2. The van der Waals surface area contributed by atoms with Crippen LogP contribution in [0.4, 0.5) is 0 Å². The van der Waals surface area contributed by atoms with Crippen LogP contribution in [0, 0.1) is 6.92 Å². The van der Waals surface area contributed by atoms with Crippen LogP contribution in [0.5, 0.6) is 0 Å². The molecule has 7 nitrogen and oxygen atoms in total. The summed E-state index contributed by atoms with van der Waals surface area (Å²) >= 11 is 0. The Morgan fingerprint density at radius 2 is 2.53 bits per heavy atom. The lowest BCUT2D eigenvalue weighted by Gasteiger charge is -2.02. The smallest absolute Gasteiger partial charge is 0.269 e. The topological polar surface area (TPSA) is 95.7 Å². The molecule has 0 saturated carbocycles. The zero-order valence-electron chi connectivity index (χ0n) is 8.64. The van der Waals surface area contributed by atoms with Gasteiger partial charge in [-0.2, -0.15) is 5.10 Å². The van der Waals surface area contributed by atoms with Crippen molar-refractivity contribution in [2.75, 3.05) is 13.1 Å². The van der Waals surface area contributed by atoms with Crippen molar-refractivity contribution in [3.8, 4) is 0 Å². The van der Waals surface area contributed by atoms with E-state index in [9.17, 15) is 4.79 Å². The normalized spacial score (nSPS) is 9.47. The molecule has 0 unspecified atom stereocenters. The zero-order valence-corrected chi connectivity index (χ0v) is 8.64. The molecule has 0 aliphatic carbocycles. The minimum absolute atomic E-state index is 0.216. The summed E-state index contributed by atoms with van der Waals surface area (Å²) < 4.78 is 1.51. The largest absolute Gasteiger partial charge is 0.351 e. The minimum Gasteiger partial charge on any atom is -0.351 e. The first-order chi connectivity index (χ1) is 7.15. The Balaban J connectivity index is 2.53. The van der Waals surface area contributed by atoms with Gasteiger partial charge in [0, 0.05) is 25.0 Å². The standard InChI is InChI=1S/C8H12N6O/c1-6-5-7(14(2)12-6)8(15)10-3-4-11-13-9/h5H,3-4H2,1-2H3,(H,10,15). The van der Waals surface area contributed by atoms with Crippen LogP contribution in [0.1, 0.15) is 16.2 Å². The van der Waals surface area contributed by atoms with Gasteiger partial charge >= 0.3 is 0 Å². The fourth-order valence-corrected chi connectivity index (χ4v) is 1.18. The van der Waals surface area contributed by atoms with Crippen LogP contribution in [0.25, 0.3) is 10.4 Å². The fourth-order valence-electron chi connectivity index (χ4n) is 1.18. The monoisotopic (exact) mass is 208 g/mol. The van der Waals surface area contributed by atoms with E-state index in [1.54, 1.807) is 13.1 Å². The number of nitrogens with zero attached hydrogens (tertiary/aromatic N) is 5. The molecule has 1 amide bonds. The molecule has 1 N–H and O–H groups in total. The lowest BCUT2D eigenvalue weighted by Crippen LogP contribution is -2.27. The van der Waals surface area contributed by atoms with Crippen LogP contribution in [0.15, 0.2) is 11.2 Å². The molecule has 1 aromatic rings. The summed E-state index contributed by atoms with van der Waals surface area (Å²) in [6.45, 7) is 2.39. The summed E-state index contributed by atoms with van der Waals surface area (Å²) in [6.07, 6.45) is 0. The van der Waals surface area contributed by atoms with E-state index in [4.69, 9.17) is 5.53 Å². The number of hydrogen-bond donors (Lipinski definition) is 1. The van der Waals surface area contributed by atoms with E-state index in [1.165, 1.54) is 4.68 Å². The minimum atomic E-state index is -0.216. The average Bonchev–Trinajstić information content (AvgIpc) is 2.52. The molecule has 1 heterocycles. The third kappa shape index (κ3) is 2.99. The first-order valence-electron chi connectivity index (χ1n) is 4.45. The second-order valence-corrected chi connectivity index (χ2v) is 3.00. The molecule has 0 aromatic carbocycles. The predicted molar refractivity (Wildman–Crippen MR) is 54.3 cm³/mol. The molecule has 0 atom stereocenters. The summed E-state index contributed by atoms with van der Waals surface area (Å²) in [7, 11) is 1.70. The van der Waals surface area contributed by atoms with Gasteiger partial charge in [-0.3, -0.25) is 9.48 Å². The first-order valence-corrected chi connectivity index (χ1v) is 4.45. The number of aromatic nitrogens is 2. The van der Waals surface area contributed by atoms with Crippen LogP contribution in [-0.2, 0) is 7.05 Å². The van der Waals surface area contributed by atoms with E-state index in [1.807, 2.05) is 6.92 Å². The van der Waals surface area contributed by atoms with E-state index >= 15 is 0 Å². The van der Waals surface area contributed by atoms with E-state index in [0.29, 0.717) is 12.2 Å². The third-order valence-corrected chi connectivity index (χ3v) is 1.80. The number of aryl methyl sites for hydroxylation is 2. The molecular weight excluding hydrogens is 196 g/mol. The average molecular weight is 208 g/mol. The molecule has 0 aliphatic heterocycles. The number of carbonyl (C=O) groups excluding carboxylic acids is 1. The molecule has 0 aliphatic rings. The number of amides is 1. The van der Waals surface area contributed by atoms with Gasteiger partial charge in [-0.05, 0) is 18.5 Å². The van der Waals surface area contributed by atoms with Gasteiger partial charge < -0.3 is 5.32 Å². The molecule has 80 valence electrons. The van der Waals surface area contributed by atoms with Gasteiger partial charge in [0.1, 0.15) is 5.69 Å². The van der Waals surface area contributed by atoms with Crippen LogP contribution in [-0.4, -0.2) is 28.8 Å². The van der Waals surface area contributed by atoms with Crippen molar-refractivity contribution in [3.63, 3.8) is 0 Å². The molecule has 0 saturated heterocycles. The number of rotatable bonds is 4. The molecule has 1 aromatic heterocycles. The molecule has 1 rings (SSSR count). The van der Waals surface area contributed by atoms with Gasteiger partial charge in [-0.15, -0.1) is 0 Å². The molecule has 0 spiro atoms. The van der Waals surface area contributed by atoms with E-state index in [-0.39, 0.29) is 12.5 Å². The van der Waals surface area contributed by atoms with Crippen LogP contribution >= 0.6 is 0 Å². The quantitative estimate of drug-likeness (QED) is 0.342. The zero-order chi connectivity index (χ0) is 11.3. The molecule has 0 bridgehead atoms. The Hall–Kier alpha value is -2.01. The molecular formula is C8H12N6O. The first kappa shape index (κ1) is 11.1. The summed E-state index contributed by atoms with van der Waals surface area (Å²) in [5, 5.41) is 9.98. The Morgan fingerprint density at radius 3 is 3.07 bits per heavy atom. The maximum Gasteiger partial charge on any atom is 0.269 e. The highest BCUT2D eigenvalue weighted by Gasteiger charge is 2.10. The molecule has 7 heteroatoms.